The van der Waals surface area contributed by atoms with Crippen LogP contribution in [0.5, 0.6) is 0 Å². The first-order chi connectivity index (χ1) is 9.60. The zero-order valence-corrected chi connectivity index (χ0v) is 11.8. The van der Waals surface area contributed by atoms with Gasteiger partial charge in [-0.15, -0.1) is 0 Å². The number of aryl methyl sites for hydroxylation is 4. The minimum atomic E-state index is -1.04. The van der Waals surface area contributed by atoms with E-state index in [2.05, 4.69) is 30.1 Å². The molecule has 2 rings (SSSR count). The van der Waals surface area contributed by atoms with Crippen molar-refractivity contribution in [2.24, 2.45) is 0 Å². The van der Waals surface area contributed by atoms with E-state index in [0.29, 0.717) is 24.4 Å². The molecule has 2 aromatic rings. The highest BCUT2D eigenvalue weighted by Gasteiger charge is 2.18. The third-order valence-corrected chi connectivity index (χ3v) is 3.13. The van der Waals surface area contributed by atoms with Gasteiger partial charge in [0.2, 0.25) is 5.76 Å². The zero-order chi connectivity index (χ0) is 14.5. The molecular formula is C16H19NO3. The average molecular weight is 273 g/mol. The molecule has 0 unspecified atom stereocenters. The Hall–Kier alpha value is -2.10. The second-order valence-electron chi connectivity index (χ2n) is 4.93. The van der Waals surface area contributed by atoms with Gasteiger partial charge in [0.1, 0.15) is 0 Å². The van der Waals surface area contributed by atoms with Crippen molar-refractivity contribution < 1.29 is 14.3 Å². The molecule has 0 saturated carbocycles. The fraction of sp³-hybridized carbons (Fsp3) is 0.375. The lowest BCUT2D eigenvalue weighted by atomic mass is 10.1. The van der Waals surface area contributed by atoms with E-state index in [1.165, 1.54) is 11.1 Å². The molecule has 20 heavy (non-hydrogen) atoms. The normalized spacial score (nSPS) is 10.7. The molecule has 4 heteroatoms. The van der Waals surface area contributed by atoms with E-state index in [0.717, 1.165) is 12.8 Å². The van der Waals surface area contributed by atoms with Gasteiger partial charge in [-0.3, -0.25) is 0 Å². The molecule has 0 fully saturated rings. The van der Waals surface area contributed by atoms with Gasteiger partial charge < -0.3 is 9.52 Å². The first kappa shape index (κ1) is 14.3. The Balaban J connectivity index is 2.09. The minimum Gasteiger partial charge on any atom is -0.475 e. The molecular weight excluding hydrogens is 254 g/mol. The number of benzene rings is 1. The van der Waals surface area contributed by atoms with Gasteiger partial charge in [-0.25, -0.2) is 9.78 Å². The summed E-state index contributed by atoms with van der Waals surface area (Å²) in [6.07, 6.45) is 2.90. The topological polar surface area (TPSA) is 63.3 Å². The van der Waals surface area contributed by atoms with Crippen LogP contribution < -0.4 is 0 Å². The highest BCUT2D eigenvalue weighted by Crippen LogP contribution is 2.15. The molecule has 0 spiro atoms. The number of carbonyl (C=O) groups is 1. The van der Waals surface area contributed by atoms with Crippen LogP contribution in [0.25, 0.3) is 0 Å². The van der Waals surface area contributed by atoms with E-state index < -0.39 is 5.97 Å². The second-order valence-corrected chi connectivity index (χ2v) is 4.93. The van der Waals surface area contributed by atoms with Crippen molar-refractivity contribution in [2.75, 3.05) is 0 Å². The van der Waals surface area contributed by atoms with Crippen LogP contribution in [-0.4, -0.2) is 16.1 Å². The summed E-state index contributed by atoms with van der Waals surface area (Å²) in [6.45, 7) is 4.04. The summed E-state index contributed by atoms with van der Waals surface area (Å²) in [5.74, 6) is -0.541. The van der Waals surface area contributed by atoms with Gasteiger partial charge in [0.15, 0.2) is 5.89 Å². The predicted octanol–water partition coefficient (Wildman–Crippen LogP) is 3.42. The molecule has 1 aromatic carbocycles. The standard InChI is InChI=1S/C16H19NO3/c1-3-5-13-15(16(18)19)20-14(17-13)9-8-12-7-4-6-11(2)10-12/h4,6-7,10H,3,5,8-9H2,1-2H3,(H,18,19). The van der Waals surface area contributed by atoms with Crippen LogP contribution in [0.4, 0.5) is 0 Å². The van der Waals surface area contributed by atoms with Gasteiger partial charge in [0.05, 0.1) is 5.69 Å². The summed E-state index contributed by atoms with van der Waals surface area (Å²) >= 11 is 0. The Morgan fingerprint density at radius 1 is 1.30 bits per heavy atom. The van der Waals surface area contributed by atoms with Gasteiger partial charge in [0.25, 0.3) is 0 Å². The summed E-state index contributed by atoms with van der Waals surface area (Å²) in [5, 5.41) is 9.09. The van der Waals surface area contributed by atoms with Crippen LogP contribution in [0.15, 0.2) is 28.7 Å². The summed E-state index contributed by atoms with van der Waals surface area (Å²) in [7, 11) is 0. The van der Waals surface area contributed by atoms with Crippen LogP contribution in [-0.2, 0) is 19.3 Å². The van der Waals surface area contributed by atoms with Gasteiger partial charge in [-0.2, -0.15) is 0 Å². The average Bonchev–Trinajstić information content (AvgIpc) is 2.80. The third kappa shape index (κ3) is 3.47. The van der Waals surface area contributed by atoms with Gasteiger partial charge in [0, 0.05) is 6.42 Å². The quantitative estimate of drug-likeness (QED) is 0.876. The zero-order valence-electron chi connectivity index (χ0n) is 11.8. The van der Waals surface area contributed by atoms with Crippen molar-refractivity contribution in [3.63, 3.8) is 0 Å². The van der Waals surface area contributed by atoms with Crippen molar-refractivity contribution >= 4 is 5.97 Å². The number of hydrogen-bond donors (Lipinski definition) is 1. The molecule has 0 aliphatic heterocycles. The fourth-order valence-electron chi connectivity index (χ4n) is 2.20. The molecule has 0 atom stereocenters. The number of oxazole rings is 1. The smallest absolute Gasteiger partial charge is 0.373 e. The van der Waals surface area contributed by atoms with Crippen molar-refractivity contribution in [1.82, 2.24) is 4.98 Å². The summed E-state index contributed by atoms with van der Waals surface area (Å²) in [6, 6.07) is 8.25. The Bertz CT molecular complexity index is 602. The van der Waals surface area contributed by atoms with Crippen molar-refractivity contribution in [3.8, 4) is 0 Å². The molecule has 0 radical (unpaired) electrons. The van der Waals surface area contributed by atoms with Gasteiger partial charge in [-0.1, -0.05) is 43.2 Å². The van der Waals surface area contributed by atoms with Crippen LogP contribution in [0.3, 0.4) is 0 Å². The largest absolute Gasteiger partial charge is 0.475 e. The van der Waals surface area contributed by atoms with Gasteiger partial charge >= 0.3 is 5.97 Å². The monoisotopic (exact) mass is 273 g/mol. The summed E-state index contributed by atoms with van der Waals surface area (Å²) < 4.78 is 5.37. The lowest BCUT2D eigenvalue weighted by molar-refractivity contribution is 0.0658. The Morgan fingerprint density at radius 2 is 2.10 bits per heavy atom. The maximum absolute atomic E-state index is 11.1. The number of rotatable bonds is 6. The fourth-order valence-corrected chi connectivity index (χ4v) is 2.20. The maximum atomic E-state index is 11.1. The summed E-state index contributed by atoms with van der Waals surface area (Å²) in [5.41, 5.74) is 2.98. The number of aromatic nitrogens is 1. The predicted molar refractivity (Wildman–Crippen MR) is 76.0 cm³/mol. The van der Waals surface area contributed by atoms with Gasteiger partial charge in [-0.05, 0) is 25.3 Å². The van der Waals surface area contributed by atoms with E-state index in [-0.39, 0.29) is 5.76 Å². The first-order valence-corrected chi connectivity index (χ1v) is 6.87. The van der Waals surface area contributed by atoms with Crippen molar-refractivity contribution in [1.29, 1.82) is 0 Å². The maximum Gasteiger partial charge on any atom is 0.373 e. The third-order valence-electron chi connectivity index (χ3n) is 3.13. The number of hydrogen-bond acceptors (Lipinski definition) is 3. The van der Waals surface area contributed by atoms with Crippen LogP contribution >= 0.6 is 0 Å². The summed E-state index contributed by atoms with van der Waals surface area (Å²) in [4.78, 5) is 15.4. The number of carboxylic acid groups (broad SMARTS) is 1. The molecule has 1 heterocycles. The minimum absolute atomic E-state index is 0.00825. The molecule has 0 aliphatic carbocycles. The SMILES string of the molecule is CCCc1nc(CCc2cccc(C)c2)oc1C(=O)O. The van der Waals surface area contributed by atoms with Crippen molar-refractivity contribution in [3.05, 3.63) is 52.7 Å². The highest BCUT2D eigenvalue weighted by atomic mass is 16.4. The second kappa shape index (κ2) is 6.37. The van der Waals surface area contributed by atoms with E-state index in [9.17, 15) is 4.79 Å². The Labute approximate surface area is 118 Å². The van der Waals surface area contributed by atoms with E-state index in [4.69, 9.17) is 9.52 Å². The molecule has 0 aliphatic rings. The molecule has 0 amide bonds. The molecule has 1 aromatic heterocycles. The molecule has 1 N–H and O–H groups in total. The van der Waals surface area contributed by atoms with E-state index in [1.54, 1.807) is 0 Å². The number of carboxylic acids is 1. The molecule has 4 nitrogen and oxygen atoms in total. The van der Waals surface area contributed by atoms with Crippen LogP contribution in [0.2, 0.25) is 0 Å². The van der Waals surface area contributed by atoms with Crippen molar-refractivity contribution in [2.45, 2.75) is 39.5 Å². The first-order valence-electron chi connectivity index (χ1n) is 6.87. The molecule has 0 bridgehead atoms. The number of nitrogens with zero attached hydrogens (tertiary/aromatic N) is 1. The van der Waals surface area contributed by atoms with E-state index >= 15 is 0 Å². The van der Waals surface area contributed by atoms with Crippen LogP contribution in [0.1, 0.15) is 46.6 Å². The molecule has 106 valence electrons. The molecule has 0 saturated heterocycles. The number of aromatic carboxylic acids is 1. The Kier molecular flexibility index (Phi) is 4.56. The van der Waals surface area contributed by atoms with Crippen LogP contribution in [0, 0.1) is 6.92 Å². The lowest BCUT2D eigenvalue weighted by Gasteiger charge is -2.00. The Morgan fingerprint density at radius 3 is 2.75 bits per heavy atom. The van der Waals surface area contributed by atoms with E-state index in [1.807, 2.05) is 13.0 Å². The highest BCUT2D eigenvalue weighted by molar-refractivity contribution is 5.85. The lowest BCUT2D eigenvalue weighted by Crippen LogP contribution is -1.99.